The third-order valence-electron chi connectivity index (χ3n) is 3.33. The van der Waals surface area contributed by atoms with Crippen LogP contribution in [0.2, 0.25) is 0 Å². The van der Waals surface area contributed by atoms with Crippen LogP contribution in [-0.4, -0.2) is 36.5 Å². The normalized spacial score (nSPS) is 11.1. The maximum Gasteiger partial charge on any atom is 0.193 e. The Bertz CT molecular complexity index is 690. The van der Waals surface area contributed by atoms with Gasteiger partial charge in [0.2, 0.25) is 0 Å². The number of nitrogens with one attached hydrogen (secondary N) is 1. The van der Waals surface area contributed by atoms with E-state index in [-0.39, 0.29) is 24.0 Å². The fraction of sp³-hybridized carbons (Fsp3) is 0.375. The predicted octanol–water partition coefficient (Wildman–Crippen LogP) is 3.60. The first-order chi connectivity index (χ1) is 11.0. The lowest BCUT2D eigenvalue weighted by Gasteiger charge is -2.21. The van der Waals surface area contributed by atoms with Crippen molar-refractivity contribution in [2.24, 2.45) is 4.99 Å². The second-order valence-electron chi connectivity index (χ2n) is 5.17. The molecule has 2 aromatic rings. The van der Waals surface area contributed by atoms with Crippen LogP contribution in [0, 0.1) is 18.6 Å². The van der Waals surface area contributed by atoms with E-state index in [1.54, 1.807) is 18.4 Å². The van der Waals surface area contributed by atoms with E-state index in [0.717, 1.165) is 16.8 Å². The molecule has 0 radical (unpaired) electrons. The van der Waals surface area contributed by atoms with Crippen molar-refractivity contribution in [3.8, 4) is 0 Å². The predicted molar refractivity (Wildman–Crippen MR) is 105 cm³/mol. The van der Waals surface area contributed by atoms with Gasteiger partial charge in [0.25, 0.3) is 0 Å². The zero-order valence-electron chi connectivity index (χ0n) is 13.8. The number of nitrogens with zero attached hydrogens (tertiary/aromatic N) is 3. The lowest BCUT2D eigenvalue weighted by atomic mass is 10.1. The van der Waals surface area contributed by atoms with Crippen LogP contribution in [-0.2, 0) is 13.0 Å². The van der Waals surface area contributed by atoms with E-state index >= 15 is 0 Å². The number of guanidine groups is 1. The number of thiazole rings is 1. The van der Waals surface area contributed by atoms with Crippen molar-refractivity contribution in [1.29, 1.82) is 0 Å². The molecule has 0 aliphatic heterocycles. The van der Waals surface area contributed by atoms with Gasteiger partial charge in [-0.15, -0.1) is 35.3 Å². The molecule has 1 heterocycles. The van der Waals surface area contributed by atoms with Gasteiger partial charge in [0, 0.05) is 32.1 Å². The molecule has 0 aliphatic rings. The van der Waals surface area contributed by atoms with Crippen molar-refractivity contribution in [1.82, 2.24) is 15.2 Å². The van der Waals surface area contributed by atoms with E-state index in [4.69, 9.17) is 0 Å². The Morgan fingerprint density at radius 3 is 2.71 bits per heavy atom. The topological polar surface area (TPSA) is 40.5 Å². The van der Waals surface area contributed by atoms with Gasteiger partial charge in [0.1, 0.15) is 11.6 Å². The first-order valence-electron chi connectivity index (χ1n) is 7.26. The molecule has 0 unspecified atom stereocenters. The van der Waals surface area contributed by atoms with Gasteiger partial charge in [-0.3, -0.25) is 4.99 Å². The molecular formula is C16H21F2IN4S. The van der Waals surface area contributed by atoms with Gasteiger partial charge < -0.3 is 10.2 Å². The van der Waals surface area contributed by atoms with Crippen LogP contribution in [0.15, 0.2) is 28.6 Å². The first kappa shape index (κ1) is 20.8. The maximum absolute atomic E-state index is 13.6. The Hall–Kier alpha value is -1.29. The van der Waals surface area contributed by atoms with Gasteiger partial charge in [-0.2, -0.15) is 0 Å². The Morgan fingerprint density at radius 2 is 2.12 bits per heavy atom. The first-order valence-corrected chi connectivity index (χ1v) is 8.14. The Balaban J connectivity index is 0.00000288. The highest BCUT2D eigenvalue weighted by atomic mass is 127. The van der Waals surface area contributed by atoms with Crippen molar-refractivity contribution in [3.63, 3.8) is 0 Å². The molecular weight excluding hydrogens is 445 g/mol. The highest BCUT2D eigenvalue weighted by Crippen LogP contribution is 2.11. The molecule has 1 N–H and O–H groups in total. The average molecular weight is 466 g/mol. The molecule has 0 saturated heterocycles. The van der Waals surface area contributed by atoms with Gasteiger partial charge in [0.15, 0.2) is 5.96 Å². The van der Waals surface area contributed by atoms with E-state index in [9.17, 15) is 8.78 Å². The van der Waals surface area contributed by atoms with Gasteiger partial charge in [-0.05, 0) is 25.0 Å². The van der Waals surface area contributed by atoms with Crippen LogP contribution in [0.25, 0.3) is 0 Å². The molecule has 0 aliphatic carbocycles. The van der Waals surface area contributed by atoms with E-state index in [1.807, 2.05) is 24.3 Å². The zero-order valence-corrected chi connectivity index (χ0v) is 17.0. The van der Waals surface area contributed by atoms with E-state index in [2.05, 4.69) is 15.3 Å². The molecule has 1 aromatic carbocycles. The summed E-state index contributed by atoms with van der Waals surface area (Å²) in [6, 6.07) is 3.64. The summed E-state index contributed by atoms with van der Waals surface area (Å²) in [6.45, 7) is 3.13. The van der Waals surface area contributed by atoms with Crippen molar-refractivity contribution in [3.05, 3.63) is 51.5 Å². The van der Waals surface area contributed by atoms with Crippen LogP contribution < -0.4 is 5.32 Å². The number of halogens is 3. The third-order valence-corrected chi connectivity index (χ3v) is 4.15. The van der Waals surface area contributed by atoms with Crippen molar-refractivity contribution >= 4 is 41.3 Å². The molecule has 0 amide bonds. The van der Waals surface area contributed by atoms with Gasteiger partial charge in [-0.1, -0.05) is 6.07 Å². The number of benzene rings is 1. The molecule has 2 rings (SSSR count). The van der Waals surface area contributed by atoms with Crippen LogP contribution in [0.4, 0.5) is 8.78 Å². The highest BCUT2D eigenvalue weighted by Gasteiger charge is 2.09. The van der Waals surface area contributed by atoms with Gasteiger partial charge in [0.05, 0.1) is 17.2 Å². The van der Waals surface area contributed by atoms with Crippen molar-refractivity contribution < 1.29 is 8.78 Å². The number of hydrogen-bond acceptors (Lipinski definition) is 3. The summed E-state index contributed by atoms with van der Waals surface area (Å²) >= 11 is 1.61. The summed E-state index contributed by atoms with van der Waals surface area (Å²) in [4.78, 5) is 10.6. The second-order valence-corrected chi connectivity index (χ2v) is 6.24. The van der Waals surface area contributed by atoms with Crippen LogP contribution in [0.1, 0.15) is 16.3 Å². The SMILES string of the molecule is CN=C(NCCc1ccc(F)cc1F)N(C)Cc1csc(C)n1.I. The van der Waals surface area contributed by atoms with Crippen LogP contribution in [0.3, 0.4) is 0 Å². The van der Waals surface area contributed by atoms with Crippen LogP contribution >= 0.6 is 35.3 Å². The molecule has 0 saturated carbocycles. The summed E-state index contributed by atoms with van der Waals surface area (Å²) in [5.41, 5.74) is 1.47. The molecule has 24 heavy (non-hydrogen) atoms. The molecule has 8 heteroatoms. The van der Waals surface area contributed by atoms with E-state index < -0.39 is 11.6 Å². The minimum absolute atomic E-state index is 0. The van der Waals surface area contributed by atoms with Crippen molar-refractivity contribution in [2.45, 2.75) is 19.9 Å². The highest BCUT2D eigenvalue weighted by molar-refractivity contribution is 14.0. The second kappa shape index (κ2) is 9.87. The minimum atomic E-state index is -0.562. The minimum Gasteiger partial charge on any atom is -0.356 e. The standard InChI is InChI=1S/C16H20F2N4S.HI/c1-11-21-14(10-23-11)9-22(3)16(19-2)20-7-6-12-4-5-13(17)8-15(12)18;/h4-5,8,10H,6-7,9H2,1-3H3,(H,19,20);1H. The van der Waals surface area contributed by atoms with E-state index in [1.165, 1.54) is 12.1 Å². The summed E-state index contributed by atoms with van der Waals surface area (Å²) in [5, 5.41) is 6.23. The Kier molecular flexibility index (Phi) is 8.54. The van der Waals surface area contributed by atoms with E-state index in [0.29, 0.717) is 31.0 Å². The molecule has 4 nitrogen and oxygen atoms in total. The third kappa shape index (κ3) is 5.97. The van der Waals surface area contributed by atoms with Crippen molar-refractivity contribution in [2.75, 3.05) is 20.6 Å². The molecule has 0 spiro atoms. The molecule has 0 bridgehead atoms. The summed E-state index contributed by atoms with van der Waals surface area (Å²) in [6.07, 6.45) is 0.453. The largest absolute Gasteiger partial charge is 0.356 e. The number of aliphatic imine (C=N–C) groups is 1. The molecule has 0 atom stereocenters. The fourth-order valence-corrected chi connectivity index (χ4v) is 2.82. The molecule has 1 aromatic heterocycles. The molecule has 132 valence electrons. The lowest BCUT2D eigenvalue weighted by molar-refractivity contribution is 0.470. The Morgan fingerprint density at radius 1 is 1.38 bits per heavy atom. The molecule has 0 fully saturated rings. The number of aryl methyl sites for hydroxylation is 1. The number of rotatable bonds is 5. The average Bonchev–Trinajstić information content (AvgIpc) is 2.90. The van der Waals surface area contributed by atoms with Crippen LogP contribution in [0.5, 0.6) is 0 Å². The summed E-state index contributed by atoms with van der Waals surface area (Å²) in [5.74, 6) is -0.375. The summed E-state index contributed by atoms with van der Waals surface area (Å²) in [7, 11) is 3.62. The zero-order chi connectivity index (χ0) is 16.8. The van der Waals surface area contributed by atoms with Gasteiger partial charge >= 0.3 is 0 Å². The lowest BCUT2D eigenvalue weighted by Crippen LogP contribution is -2.39. The summed E-state index contributed by atoms with van der Waals surface area (Å²) < 4.78 is 26.5. The Labute approximate surface area is 162 Å². The number of hydrogen-bond donors (Lipinski definition) is 1. The van der Waals surface area contributed by atoms with Gasteiger partial charge in [-0.25, -0.2) is 13.8 Å². The number of aromatic nitrogens is 1. The smallest absolute Gasteiger partial charge is 0.193 e. The quantitative estimate of drug-likeness (QED) is 0.416. The maximum atomic E-state index is 13.6. The monoisotopic (exact) mass is 466 g/mol. The fourth-order valence-electron chi connectivity index (χ4n) is 2.22.